The lowest BCUT2D eigenvalue weighted by atomic mass is 10.4. The number of carbonyl (C=O) groups is 2. The molecular weight excluding hydrogens is 240 g/mol. The van der Waals surface area contributed by atoms with Crippen LogP contribution >= 0.6 is 0 Å². The van der Waals surface area contributed by atoms with Crippen LogP contribution in [0.1, 0.15) is 16.9 Å². The van der Waals surface area contributed by atoms with E-state index < -0.39 is 5.97 Å². The SMILES string of the molecule is COCCCN(C)C(=O)Cn1cc(C(=O)O)nn1. The minimum absolute atomic E-state index is 0.0240. The maximum absolute atomic E-state index is 11.7. The lowest BCUT2D eigenvalue weighted by Crippen LogP contribution is -2.31. The van der Waals surface area contributed by atoms with Crippen molar-refractivity contribution in [3.05, 3.63) is 11.9 Å². The molecule has 0 aliphatic rings. The zero-order valence-electron chi connectivity index (χ0n) is 10.4. The number of carboxylic acids is 1. The molecule has 0 aliphatic heterocycles. The van der Waals surface area contributed by atoms with Crippen LogP contribution < -0.4 is 0 Å². The fourth-order valence-corrected chi connectivity index (χ4v) is 1.30. The molecule has 0 aliphatic carbocycles. The Morgan fingerprint density at radius 2 is 2.28 bits per heavy atom. The van der Waals surface area contributed by atoms with E-state index in [-0.39, 0.29) is 18.1 Å². The van der Waals surface area contributed by atoms with Crippen LogP contribution in [0.5, 0.6) is 0 Å². The molecule has 0 bridgehead atoms. The Hall–Kier alpha value is -1.96. The highest BCUT2D eigenvalue weighted by Gasteiger charge is 2.13. The van der Waals surface area contributed by atoms with Crippen molar-refractivity contribution in [2.75, 3.05) is 27.3 Å². The number of carboxylic acid groups (broad SMARTS) is 1. The average molecular weight is 256 g/mol. The number of rotatable bonds is 7. The van der Waals surface area contributed by atoms with E-state index in [0.29, 0.717) is 13.2 Å². The largest absolute Gasteiger partial charge is 0.476 e. The van der Waals surface area contributed by atoms with Crippen molar-refractivity contribution in [2.45, 2.75) is 13.0 Å². The highest BCUT2D eigenvalue weighted by atomic mass is 16.5. The number of hydrogen-bond acceptors (Lipinski definition) is 5. The van der Waals surface area contributed by atoms with E-state index in [2.05, 4.69) is 10.3 Å². The topological polar surface area (TPSA) is 97.5 Å². The van der Waals surface area contributed by atoms with Gasteiger partial charge in [-0.05, 0) is 6.42 Å². The molecular formula is C10H16N4O4. The van der Waals surface area contributed by atoms with Gasteiger partial charge in [0.1, 0.15) is 6.54 Å². The molecule has 0 saturated heterocycles. The smallest absolute Gasteiger partial charge is 0.358 e. The van der Waals surface area contributed by atoms with Crippen LogP contribution in [-0.2, 0) is 16.1 Å². The third-order valence-corrected chi connectivity index (χ3v) is 2.32. The van der Waals surface area contributed by atoms with E-state index in [1.165, 1.54) is 10.9 Å². The van der Waals surface area contributed by atoms with Crippen LogP contribution in [0.25, 0.3) is 0 Å². The maximum Gasteiger partial charge on any atom is 0.358 e. The van der Waals surface area contributed by atoms with Crippen molar-refractivity contribution in [3.8, 4) is 0 Å². The van der Waals surface area contributed by atoms with E-state index in [9.17, 15) is 9.59 Å². The molecule has 100 valence electrons. The van der Waals surface area contributed by atoms with Crippen molar-refractivity contribution in [1.29, 1.82) is 0 Å². The number of amides is 1. The minimum atomic E-state index is -1.16. The second-order valence-corrected chi connectivity index (χ2v) is 3.77. The van der Waals surface area contributed by atoms with Crippen LogP contribution in [0, 0.1) is 0 Å². The molecule has 1 aromatic heterocycles. The van der Waals surface area contributed by atoms with Gasteiger partial charge in [-0.2, -0.15) is 0 Å². The third kappa shape index (κ3) is 4.13. The summed E-state index contributed by atoms with van der Waals surface area (Å²) >= 11 is 0. The summed E-state index contributed by atoms with van der Waals surface area (Å²) < 4.78 is 6.10. The lowest BCUT2D eigenvalue weighted by molar-refractivity contribution is -0.130. The number of aromatic nitrogens is 3. The number of nitrogens with zero attached hydrogens (tertiary/aromatic N) is 4. The predicted molar refractivity (Wildman–Crippen MR) is 61.1 cm³/mol. The van der Waals surface area contributed by atoms with Gasteiger partial charge < -0.3 is 14.7 Å². The molecule has 1 rings (SSSR count). The molecule has 0 aromatic carbocycles. The van der Waals surface area contributed by atoms with Crippen LogP contribution in [0.3, 0.4) is 0 Å². The van der Waals surface area contributed by atoms with Gasteiger partial charge in [0.25, 0.3) is 0 Å². The lowest BCUT2D eigenvalue weighted by Gasteiger charge is -2.16. The first kappa shape index (κ1) is 14.1. The molecule has 1 heterocycles. The fourth-order valence-electron chi connectivity index (χ4n) is 1.30. The average Bonchev–Trinajstić information content (AvgIpc) is 2.77. The first-order valence-corrected chi connectivity index (χ1v) is 5.41. The Labute approximate surface area is 104 Å². The molecule has 18 heavy (non-hydrogen) atoms. The Bertz CT molecular complexity index is 418. The first-order valence-electron chi connectivity index (χ1n) is 5.41. The second-order valence-electron chi connectivity index (χ2n) is 3.77. The Morgan fingerprint density at radius 3 is 2.83 bits per heavy atom. The number of likely N-dealkylation sites (N-methyl/N-ethyl adjacent to an activating group) is 1. The van der Waals surface area contributed by atoms with Gasteiger partial charge in [0.15, 0.2) is 5.69 Å². The summed E-state index contributed by atoms with van der Waals surface area (Å²) in [4.78, 5) is 23.9. The minimum Gasteiger partial charge on any atom is -0.476 e. The van der Waals surface area contributed by atoms with Gasteiger partial charge in [0.2, 0.25) is 5.91 Å². The fraction of sp³-hybridized carbons (Fsp3) is 0.600. The van der Waals surface area contributed by atoms with Crippen LogP contribution in [0.4, 0.5) is 0 Å². The standard InChI is InChI=1S/C10H16N4O4/c1-13(4-3-5-18-2)9(15)7-14-6-8(10(16)17)11-12-14/h6H,3-5,7H2,1-2H3,(H,16,17). The quantitative estimate of drug-likeness (QED) is 0.659. The molecule has 0 fully saturated rings. The number of ether oxygens (including phenoxy) is 1. The van der Waals surface area contributed by atoms with E-state index in [1.807, 2.05) is 0 Å². The van der Waals surface area contributed by atoms with Crippen molar-refractivity contribution in [3.63, 3.8) is 0 Å². The summed E-state index contributed by atoms with van der Waals surface area (Å²) in [5, 5.41) is 15.7. The second kappa shape index (κ2) is 6.70. The molecule has 0 radical (unpaired) electrons. The molecule has 1 N–H and O–H groups in total. The van der Waals surface area contributed by atoms with E-state index in [1.54, 1.807) is 19.1 Å². The van der Waals surface area contributed by atoms with Gasteiger partial charge in [-0.25, -0.2) is 9.48 Å². The molecule has 8 nitrogen and oxygen atoms in total. The van der Waals surface area contributed by atoms with Gasteiger partial charge in [-0.1, -0.05) is 5.21 Å². The molecule has 1 amide bonds. The van der Waals surface area contributed by atoms with Gasteiger partial charge in [0, 0.05) is 27.3 Å². The molecule has 0 unspecified atom stereocenters. The molecule has 8 heteroatoms. The summed E-state index contributed by atoms with van der Waals surface area (Å²) in [5.41, 5.74) is -0.176. The zero-order valence-corrected chi connectivity index (χ0v) is 10.4. The Balaban J connectivity index is 2.45. The van der Waals surface area contributed by atoms with Crippen molar-refractivity contribution >= 4 is 11.9 Å². The number of hydrogen-bond donors (Lipinski definition) is 1. The van der Waals surface area contributed by atoms with Gasteiger partial charge >= 0.3 is 5.97 Å². The zero-order chi connectivity index (χ0) is 13.5. The van der Waals surface area contributed by atoms with Gasteiger partial charge in [-0.15, -0.1) is 5.10 Å². The van der Waals surface area contributed by atoms with E-state index in [0.717, 1.165) is 6.42 Å². The summed E-state index contributed by atoms with van der Waals surface area (Å²) in [5.74, 6) is -1.32. The van der Waals surface area contributed by atoms with Crippen LogP contribution in [0.15, 0.2) is 6.20 Å². The van der Waals surface area contributed by atoms with Crippen molar-refractivity contribution in [2.24, 2.45) is 0 Å². The van der Waals surface area contributed by atoms with Gasteiger partial charge in [0.05, 0.1) is 6.20 Å². The summed E-state index contributed by atoms with van der Waals surface area (Å²) in [6.07, 6.45) is 1.97. The summed E-state index contributed by atoms with van der Waals surface area (Å²) in [6, 6.07) is 0. The monoisotopic (exact) mass is 256 g/mol. The normalized spacial score (nSPS) is 10.3. The molecule has 1 aromatic rings. The number of methoxy groups -OCH3 is 1. The molecule has 0 saturated carbocycles. The highest BCUT2D eigenvalue weighted by molar-refractivity contribution is 5.84. The Kier molecular flexibility index (Phi) is 5.25. The first-order chi connectivity index (χ1) is 8.54. The van der Waals surface area contributed by atoms with E-state index in [4.69, 9.17) is 9.84 Å². The van der Waals surface area contributed by atoms with Gasteiger partial charge in [-0.3, -0.25) is 4.79 Å². The van der Waals surface area contributed by atoms with Crippen molar-refractivity contribution < 1.29 is 19.4 Å². The maximum atomic E-state index is 11.7. The molecule has 0 atom stereocenters. The predicted octanol–water partition coefficient (Wildman–Crippen LogP) is -0.529. The number of aromatic carboxylic acids is 1. The number of carbonyl (C=O) groups excluding carboxylic acids is 1. The Morgan fingerprint density at radius 1 is 1.56 bits per heavy atom. The van der Waals surface area contributed by atoms with Crippen LogP contribution in [-0.4, -0.2) is 64.2 Å². The molecule has 0 spiro atoms. The van der Waals surface area contributed by atoms with Crippen LogP contribution in [0.2, 0.25) is 0 Å². The third-order valence-electron chi connectivity index (χ3n) is 2.32. The summed E-state index contributed by atoms with van der Waals surface area (Å²) in [6.45, 7) is 1.14. The highest BCUT2D eigenvalue weighted by Crippen LogP contribution is 1.96. The summed E-state index contributed by atoms with van der Waals surface area (Å²) in [7, 11) is 3.28. The van der Waals surface area contributed by atoms with Crippen molar-refractivity contribution in [1.82, 2.24) is 19.9 Å². The van der Waals surface area contributed by atoms with E-state index >= 15 is 0 Å².